The van der Waals surface area contributed by atoms with E-state index < -0.39 is 0 Å². The minimum absolute atomic E-state index is 0.0930. The van der Waals surface area contributed by atoms with E-state index in [1.54, 1.807) is 16.6 Å². The maximum Gasteiger partial charge on any atom is 0.251 e. The number of carbonyl (C=O) groups excluding carboxylic acids is 1. The molecule has 3 aromatic rings. The molecule has 1 amide bonds. The summed E-state index contributed by atoms with van der Waals surface area (Å²) in [7, 11) is 1.94. The number of pyridine rings is 1. The van der Waals surface area contributed by atoms with E-state index in [2.05, 4.69) is 15.4 Å². The van der Waals surface area contributed by atoms with Crippen molar-refractivity contribution in [1.82, 2.24) is 24.5 Å². The molecule has 4 rings (SSSR count). The Hall–Kier alpha value is -2.83. The maximum absolute atomic E-state index is 12.6. The summed E-state index contributed by atoms with van der Waals surface area (Å²) in [5, 5.41) is 7.57. The number of nitrogens with two attached hydrogens (primary N) is 1. The van der Waals surface area contributed by atoms with Gasteiger partial charge in [0.05, 0.1) is 5.69 Å². The van der Waals surface area contributed by atoms with Crippen LogP contribution in [0.1, 0.15) is 42.5 Å². The van der Waals surface area contributed by atoms with Crippen LogP contribution in [0.5, 0.6) is 0 Å². The first kappa shape index (κ1) is 15.7. The normalized spacial score (nSPS) is 15.6. The van der Waals surface area contributed by atoms with Crippen molar-refractivity contribution < 1.29 is 4.79 Å². The Morgan fingerprint density at radius 1 is 1.28 bits per heavy atom. The van der Waals surface area contributed by atoms with E-state index in [-0.39, 0.29) is 11.9 Å². The highest BCUT2D eigenvalue weighted by atomic mass is 16.1. The summed E-state index contributed by atoms with van der Waals surface area (Å²) < 4.78 is 3.52. The molecule has 7 heteroatoms. The van der Waals surface area contributed by atoms with E-state index >= 15 is 0 Å². The van der Waals surface area contributed by atoms with Crippen molar-refractivity contribution in [1.29, 1.82) is 0 Å². The van der Waals surface area contributed by atoms with Crippen molar-refractivity contribution in [2.75, 3.05) is 5.73 Å². The smallest absolute Gasteiger partial charge is 0.251 e. The van der Waals surface area contributed by atoms with Gasteiger partial charge in [0.1, 0.15) is 5.82 Å². The molecule has 7 nitrogen and oxygen atoms in total. The topological polar surface area (TPSA) is 90.2 Å². The van der Waals surface area contributed by atoms with Crippen LogP contribution in [0.25, 0.3) is 17.2 Å². The van der Waals surface area contributed by atoms with Gasteiger partial charge in [-0.2, -0.15) is 4.52 Å². The number of nitrogens with zero attached hydrogens (tertiary/aromatic N) is 4. The van der Waals surface area contributed by atoms with E-state index in [0.717, 1.165) is 18.5 Å². The van der Waals surface area contributed by atoms with Gasteiger partial charge in [-0.1, -0.05) is 19.3 Å². The average molecular weight is 338 g/mol. The molecule has 130 valence electrons. The highest BCUT2D eigenvalue weighted by Crippen LogP contribution is 2.21. The van der Waals surface area contributed by atoms with Gasteiger partial charge in [-0.25, -0.2) is 4.98 Å². The first-order valence-electron chi connectivity index (χ1n) is 8.71. The van der Waals surface area contributed by atoms with Crippen LogP contribution in [-0.2, 0) is 7.05 Å². The SMILES string of the molecule is Cn1cccc1-c1nc2cc(C(=O)NC3CCCCC3)cc(N)n2n1. The fraction of sp³-hybridized carbons (Fsp3) is 0.389. The zero-order valence-electron chi connectivity index (χ0n) is 14.3. The van der Waals surface area contributed by atoms with Gasteiger partial charge >= 0.3 is 0 Å². The zero-order valence-corrected chi connectivity index (χ0v) is 14.3. The van der Waals surface area contributed by atoms with Crippen molar-refractivity contribution >= 4 is 17.4 Å². The molecule has 0 saturated heterocycles. The molecule has 1 aliphatic rings. The predicted molar refractivity (Wildman–Crippen MR) is 96.1 cm³/mol. The number of fused-ring (bicyclic) bond motifs is 1. The van der Waals surface area contributed by atoms with E-state index in [0.29, 0.717) is 22.9 Å². The molecular formula is C18H22N6O. The number of anilines is 1. The van der Waals surface area contributed by atoms with Gasteiger partial charge in [-0.3, -0.25) is 4.79 Å². The van der Waals surface area contributed by atoms with Crippen LogP contribution in [0, 0.1) is 0 Å². The number of nitrogen functional groups attached to an aromatic ring is 1. The average Bonchev–Trinajstić information content (AvgIpc) is 3.21. The van der Waals surface area contributed by atoms with Crippen LogP contribution in [0.3, 0.4) is 0 Å². The second kappa shape index (κ2) is 6.23. The standard InChI is InChI=1S/C18H22N6O/c1-23-9-5-8-14(23)17-21-16-11-12(10-15(19)24(16)22-17)18(25)20-13-6-3-2-4-7-13/h5,8-11,13H,2-4,6-7,19H2,1H3,(H,20,25). The second-order valence-corrected chi connectivity index (χ2v) is 6.69. The molecule has 1 aliphatic carbocycles. The van der Waals surface area contributed by atoms with Crippen molar-refractivity contribution in [3.05, 3.63) is 36.0 Å². The Morgan fingerprint density at radius 2 is 2.08 bits per heavy atom. The number of nitrogens with one attached hydrogen (secondary N) is 1. The molecule has 3 heterocycles. The Bertz CT molecular complexity index is 919. The molecule has 0 aromatic carbocycles. The number of aromatic nitrogens is 4. The highest BCUT2D eigenvalue weighted by molar-refractivity contribution is 5.96. The molecule has 25 heavy (non-hydrogen) atoms. The molecule has 3 N–H and O–H groups in total. The number of hydrogen-bond acceptors (Lipinski definition) is 4. The van der Waals surface area contributed by atoms with Crippen LogP contribution < -0.4 is 11.1 Å². The van der Waals surface area contributed by atoms with Gasteiger partial charge in [0.2, 0.25) is 0 Å². The van der Waals surface area contributed by atoms with E-state index in [1.165, 1.54) is 19.3 Å². The number of carbonyl (C=O) groups is 1. The lowest BCUT2D eigenvalue weighted by Gasteiger charge is -2.22. The molecule has 0 radical (unpaired) electrons. The maximum atomic E-state index is 12.6. The lowest BCUT2D eigenvalue weighted by molar-refractivity contribution is 0.0927. The summed E-state index contributed by atoms with van der Waals surface area (Å²) in [6.07, 6.45) is 7.64. The molecule has 3 aromatic heterocycles. The summed E-state index contributed by atoms with van der Waals surface area (Å²) in [5.41, 5.74) is 8.11. The molecule has 0 unspecified atom stereocenters. The third kappa shape index (κ3) is 2.97. The monoisotopic (exact) mass is 338 g/mol. The lowest BCUT2D eigenvalue weighted by atomic mass is 9.95. The summed E-state index contributed by atoms with van der Waals surface area (Å²) in [5.74, 6) is 0.896. The third-order valence-electron chi connectivity index (χ3n) is 4.84. The third-order valence-corrected chi connectivity index (χ3v) is 4.84. The Balaban J connectivity index is 1.64. The lowest BCUT2D eigenvalue weighted by Crippen LogP contribution is -2.36. The highest BCUT2D eigenvalue weighted by Gasteiger charge is 2.19. The number of amides is 1. The second-order valence-electron chi connectivity index (χ2n) is 6.69. The molecule has 1 saturated carbocycles. The summed E-state index contributed by atoms with van der Waals surface area (Å²) >= 11 is 0. The van der Waals surface area contributed by atoms with Crippen molar-refractivity contribution in [3.63, 3.8) is 0 Å². The molecule has 0 aliphatic heterocycles. The van der Waals surface area contributed by atoms with Gasteiger partial charge in [-0.05, 0) is 37.1 Å². The Morgan fingerprint density at radius 3 is 2.80 bits per heavy atom. The van der Waals surface area contributed by atoms with Crippen LogP contribution >= 0.6 is 0 Å². The number of aryl methyl sites for hydroxylation is 1. The molecule has 1 fully saturated rings. The van der Waals surface area contributed by atoms with Crippen LogP contribution in [0.4, 0.5) is 5.82 Å². The van der Waals surface area contributed by atoms with E-state index in [9.17, 15) is 4.79 Å². The molecular weight excluding hydrogens is 316 g/mol. The van der Waals surface area contributed by atoms with Gasteiger partial charge in [0, 0.05) is 24.8 Å². The van der Waals surface area contributed by atoms with Gasteiger partial charge in [0.15, 0.2) is 11.5 Å². The van der Waals surface area contributed by atoms with Gasteiger partial charge < -0.3 is 15.6 Å². The van der Waals surface area contributed by atoms with Crippen molar-refractivity contribution in [3.8, 4) is 11.5 Å². The largest absolute Gasteiger partial charge is 0.384 e. The number of rotatable bonds is 3. The first-order chi connectivity index (χ1) is 12.1. The van der Waals surface area contributed by atoms with E-state index in [4.69, 9.17) is 5.73 Å². The predicted octanol–water partition coefficient (Wildman–Crippen LogP) is 2.38. The fourth-order valence-electron chi connectivity index (χ4n) is 3.46. The van der Waals surface area contributed by atoms with Crippen molar-refractivity contribution in [2.45, 2.75) is 38.1 Å². The minimum Gasteiger partial charge on any atom is -0.384 e. The van der Waals surface area contributed by atoms with Crippen LogP contribution in [0.2, 0.25) is 0 Å². The zero-order chi connectivity index (χ0) is 17.4. The quantitative estimate of drug-likeness (QED) is 0.767. The molecule has 0 atom stereocenters. The minimum atomic E-state index is -0.0930. The summed E-state index contributed by atoms with van der Waals surface area (Å²) in [4.78, 5) is 17.1. The van der Waals surface area contributed by atoms with Crippen molar-refractivity contribution in [2.24, 2.45) is 7.05 Å². The Labute approximate surface area is 145 Å². The van der Waals surface area contributed by atoms with Gasteiger partial charge in [0.25, 0.3) is 5.91 Å². The van der Waals surface area contributed by atoms with E-state index in [1.807, 2.05) is 29.9 Å². The number of hydrogen-bond donors (Lipinski definition) is 2. The summed E-state index contributed by atoms with van der Waals surface area (Å²) in [6.45, 7) is 0. The van der Waals surface area contributed by atoms with Crippen LogP contribution in [-0.4, -0.2) is 31.1 Å². The molecule has 0 bridgehead atoms. The fourth-order valence-corrected chi connectivity index (χ4v) is 3.46. The first-order valence-corrected chi connectivity index (χ1v) is 8.71. The molecule has 0 spiro atoms. The Kier molecular flexibility index (Phi) is 3.91. The summed E-state index contributed by atoms with van der Waals surface area (Å²) in [6, 6.07) is 7.55. The van der Waals surface area contributed by atoms with Gasteiger partial charge in [-0.15, -0.1) is 5.10 Å². The van der Waals surface area contributed by atoms with Crippen LogP contribution in [0.15, 0.2) is 30.5 Å².